The molecule has 1 aromatic carbocycles. The van der Waals surface area contributed by atoms with E-state index in [0.29, 0.717) is 13.2 Å². The number of halogens is 2. The van der Waals surface area contributed by atoms with E-state index in [1.807, 2.05) is 13.8 Å². The average Bonchev–Trinajstić information content (AvgIpc) is 2.27. The van der Waals surface area contributed by atoms with Crippen LogP contribution in [0.2, 0.25) is 0 Å². The van der Waals surface area contributed by atoms with E-state index in [9.17, 15) is 13.6 Å². The van der Waals surface area contributed by atoms with Crippen LogP contribution in [0.15, 0.2) is 18.2 Å². The molecule has 0 fully saturated rings. The fourth-order valence-electron chi connectivity index (χ4n) is 1.20. The van der Waals surface area contributed by atoms with Crippen molar-refractivity contribution in [3.8, 4) is 0 Å². The fraction of sp³-hybridized carbons (Fsp3) is 0.417. The van der Waals surface area contributed by atoms with E-state index in [4.69, 9.17) is 4.74 Å². The minimum absolute atomic E-state index is 0.0912. The maximum Gasteiger partial charge on any atom is 0.251 e. The van der Waals surface area contributed by atoms with E-state index in [2.05, 4.69) is 5.32 Å². The van der Waals surface area contributed by atoms with Gasteiger partial charge in [0.15, 0.2) is 11.6 Å². The minimum atomic E-state index is -1.03. The molecule has 0 bridgehead atoms. The molecule has 0 aromatic heterocycles. The van der Waals surface area contributed by atoms with Crippen LogP contribution in [0.3, 0.4) is 0 Å². The summed E-state index contributed by atoms with van der Waals surface area (Å²) >= 11 is 0. The molecule has 0 aliphatic carbocycles. The zero-order valence-corrected chi connectivity index (χ0v) is 9.80. The number of rotatable bonds is 5. The maximum atomic E-state index is 12.9. The quantitative estimate of drug-likeness (QED) is 0.804. The topological polar surface area (TPSA) is 38.3 Å². The average molecular weight is 243 g/mol. The lowest BCUT2D eigenvalue weighted by molar-refractivity contribution is 0.0746. The molecule has 0 saturated carbocycles. The van der Waals surface area contributed by atoms with Gasteiger partial charge in [-0.15, -0.1) is 0 Å². The third kappa shape index (κ3) is 4.48. The monoisotopic (exact) mass is 243 g/mol. The molecule has 17 heavy (non-hydrogen) atoms. The van der Waals surface area contributed by atoms with Crippen molar-refractivity contribution in [2.45, 2.75) is 20.0 Å². The Bertz CT molecular complexity index is 394. The van der Waals surface area contributed by atoms with E-state index in [0.717, 1.165) is 12.1 Å². The van der Waals surface area contributed by atoms with Crippen LogP contribution in [-0.2, 0) is 4.74 Å². The van der Waals surface area contributed by atoms with Gasteiger partial charge in [-0.05, 0) is 32.0 Å². The molecule has 0 aliphatic rings. The van der Waals surface area contributed by atoms with Crippen LogP contribution in [0.4, 0.5) is 8.78 Å². The molecule has 94 valence electrons. The second kappa shape index (κ2) is 6.30. The second-order valence-corrected chi connectivity index (χ2v) is 3.80. The molecule has 0 spiro atoms. The SMILES string of the molecule is CC(C)OCCNC(=O)c1ccc(F)c(F)c1. The highest BCUT2D eigenvalue weighted by molar-refractivity contribution is 5.94. The van der Waals surface area contributed by atoms with Crippen LogP contribution in [0.5, 0.6) is 0 Å². The number of benzene rings is 1. The van der Waals surface area contributed by atoms with Gasteiger partial charge in [0.2, 0.25) is 0 Å². The van der Waals surface area contributed by atoms with Gasteiger partial charge in [0.05, 0.1) is 12.7 Å². The lowest BCUT2D eigenvalue weighted by Crippen LogP contribution is -2.28. The van der Waals surface area contributed by atoms with Gasteiger partial charge in [0, 0.05) is 12.1 Å². The highest BCUT2D eigenvalue weighted by Gasteiger charge is 2.08. The Hall–Kier alpha value is -1.49. The first-order valence-corrected chi connectivity index (χ1v) is 5.35. The first-order valence-electron chi connectivity index (χ1n) is 5.35. The number of hydrogen-bond acceptors (Lipinski definition) is 2. The lowest BCUT2D eigenvalue weighted by atomic mass is 10.2. The molecule has 1 N–H and O–H groups in total. The minimum Gasteiger partial charge on any atom is -0.377 e. The third-order valence-corrected chi connectivity index (χ3v) is 2.02. The summed E-state index contributed by atoms with van der Waals surface area (Å²) in [6, 6.07) is 3.03. The summed E-state index contributed by atoms with van der Waals surface area (Å²) in [5, 5.41) is 2.55. The predicted octanol–water partition coefficient (Wildman–Crippen LogP) is 2.12. The van der Waals surface area contributed by atoms with E-state index >= 15 is 0 Å². The number of nitrogens with one attached hydrogen (secondary N) is 1. The van der Waals surface area contributed by atoms with E-state index in [-0.39, 0.29) is 11.7 Å². The van der Waals surface area contributed by atoms with Gasteiger partial charge in [-0.3, -0.25) is 4.79 Å². The van der Waals surface area contributed by atoms with E-state index in [1.54, 1.807) is 0 Å². The standard InChI is InChI=1S/C12H15F2NO2/c1-8(2)17-6-5-15-12(16)9-3-4-10(13)11(14)7-9/h3-4,7-8H,5-6H2,1-2H3,(H,15,16). The molecule has 0 unspecified atom stereocenters. The largest absolute Gasteiger partial charge is 0.377 e. The molecule has 0 atom stereocenters. The summed E-state index contributed by atoms with van der Waals surface area (Å²) in [4.78, 5) is 11.5. The summed E-state index contributed by atoms with van der Waals surface area (Å²) in [6.07, 6.45) is 0.0927. The molecular formula is C12H15F2NO2. The molecule has 0 radical (unpaired) electrons. The van der Waals surface area contributed by atoms with Crippen molar-refractivity contribution in [1.29, 1.82) is 0 Å². The molecule has 0 saturated heterocycles. The van der Waals surface area contributed by atoms with Gasteiger partial charge in [0.25, 0.3) is 5.91 Å². The van der Waals surface area contributed by atoms with Crippen LogP contribution in [-0.4, -0.2) is 25.2 Å². The number of amides is 1. The Balaban J connectivity index is 2.44. The molecule has 1 amide bonds. The first-order chi connectivity index (χ1) is 8.00. The van der Waals surface area contributed by atoms with Crippen molar-refractivity contribution in [2.75, 3.05) is 13.2 Å². The Morgan fingerprint density at radius 1 is 1.35 bits per heavy atom. The number of carbonyl (C=O) groups excluding carboxylic acids is 1. The Kier molecular flexibility index (Phi) is 5.03. The van der Waals surface area contributed by atoms with Gasteiger partial charge in [-0.1, -0.05) is 0 Å². The number of hydrogen-bond donors (Lipinski definition) is 1. The molecule has 3 nitrogen and oxygen atoms in total. The predicted molar refractivity (Wildman–Crippen MR) is 59.8 cm³/mol. The van der Waals surface area contributed by atoms with Crippen molar-refractivity contribution in [3.63, 3.8) is 0 Å². The fourth-order valence-corrected chi connectivity index (χ4v) is 1.20. The molecule has 5 heteroatoms. The zero-order chi connectivity index (χ0) is 12.8. The van der Waals surface area contributed by atoms with Crippen LogP contribution in [0.25, 0.3) is 0 Å². The summed E-state index contributed by atoms with van der Waals surface area (Å²) in [7, 11) is 0. The zero-order valence-electron chi connectivity index (χ0n) is 9.80. The molecule has 1 rings (SSSR count). The molecule has 1 aromatic rings. The second-order valence-electron chi connectivity index (χ2n) is 3.80. The van der Waals surface area contributed by atoms with Crippen molar-refractivity contribution >= 4 is 5.91 Å². The van der Waals surface area contributed by atoms with Gasteiger partial charge in [-0.25, -0.2) is 8.78 Å². The van der Waals surface area contributed by atoms with Crippen molar-refractivity contribution in [3.05, 3.63) is 35.4 Å². The Morgan fingerprint density at radius 3 is 2.65 bits per heavy atom. The van der Waals surface area contributed by atoms with Crippen LogP contribution in [0.1, 0.15) is 24.2 Å². The highest BCUT2D eigenvalue weighted by Crippen LogP contribution is 2.08. The number of carbonyl (C=O) groups is 1. The van der Waals surface area contributed by atoms with Crippen LogP contribution < -0.4 is 5.32 Å². The van der Waals surface area contributed by atoms with Crippen molar-refractivity contribution < 1.29 is 18.3 Å². The Morgan fingerprint density at radius 2 is 2.06 bits per heavy atom. The first kappa shape index (κ1) is 13.6. The van der Waals surface area contributed by atoms with Gasteiger partial charge < -0.3 is 10.1 Å². The Labute approximate surface area is 98.8 Å². The van der Waals surface area contributed by atoms with Crippen LogP contribution >= 0.6 is 0 Å². The van der Waals surface area contributed by atoms with Gasteiger partial charge >= 0.3 is 0 Å². The summed E-state index contributed by atoms with van der Waals surface area (Å²) in [5.41, 5.74) is 0.0912. The van der Waals surface area contributed by atoms with Crippen molar-refractivity contribution in [1.82, 2.24) is 5.32 Å². The normalized spacial score (nSPS) is 10.6. The molecular weight excluding hydrogens is 228 g/mol. The van der Waals surface area contributed by atoms with E-state index < -0.39 is 17.5 Å². The van der Waals surface area contributed by atoms with Gasteiger partial charge in [-0.2, -0.15) is 0 Å². The third-order valence-electron chi connectivity index (χ3n) is 2.02. The molecule has 0 aliphatic heterocycles. The van der Waals surface area contributed by atoms with Crippen molar-refractivity contribution in [2.24, 2.45) is 0 Å². The summed E-state index contributed by atoms with van der Waals surface area (Å²) in [6.45, 7) is 4.48. The summed E-state index contributed by atoms with van der Waals surface area (Å²) in [5.74, 6) is -2.45. The van der Waals surface area contributed by atoms with Gasteiger partial charge in [0.1, 0.15) is 0 Å². The lowest BCUT2D eigenvalue weighted by Gasteiger charge is -2.08. The number of ether oxygens (including phenoxy) is 1. The summed E-state index contributed by atoms with van der Waals surface area (Å²) < 4.78 is 30.7. The molecule has 0 heterocycles. The maximum absolute atomic E-state index is 12.9. The highest BCUT2D eigenvalue weighted by atomic mass is 19.2. The van der Waals surface area contributed by atoms with E-state index in [1.165, 1.54) is 6.07 Å². The smallest absolute Gasteiger partial charge is 0.251 e. The van der Waals surface area contributed by atoms with Crippen LogP contribution in [0, 0.1) is 11.6 Å².